The van der Waals surface area contributed by atoms with Crippen LogP contribution < -0.4 is 10.5 Å². The van der Waals surface area contributed by atoms with Gasteiger partial charge in [0.25, 0.3) is 0 Å². The molecule has 0 saturated carbocycles. The Morgan fingerprint density at radius 2 is 2.33 bits per heavy atom. The van der Waals surface area contributed by atoms with E-state index in [1.807, 2.05) is 36.0 Å². The van der Waals surface area contributed by atoms with Gasteiger partial charge in [-0.05, 0) is 31.2 Å². The highest BCUT2D eigenvalue weighted by Crippen LogP contribution is 2.27. The smallest absolute Gasteiger partial charge is 0.124 e. The molecule has 0 amide bonds. The fourth-order valence-electron chi connectivity index (χ4n) is 1.69. The van der Waals surface area contributed by atoms with Crippen molar-refractivity contribution in [2.75, 3.05) is 6.61 Å². The molecule has 0 aliphatic carbocycles. The summed E-state index contributed by atoms with van der Waals surface area (Å²) in [6.07, 6.45) is 3.65. The molecule has 5 heteroatoms. The Balaban J connectivity index is 2.00. The standard InChI is InChI=1S/C13H16ClN3O/c1-10(15)12-9-11(14)3-4-13(12)18-8-7-17-6-2-5-16-17/h2-6,9-10H,7-8,15H2,1H3/t10-/m1/s1. The first-order chi connectivity index (χ1) is 8.66. The molecule has 2 N–H and O–H groups in total. The molecule has 2 rings (SSSR count). The van der Waals surface area contributed by atoms with Crippen LogP contribution in [-0.2, 0) is 6.54 Å². The van der Waals surface area contributed by atoms with Gasteiger partial charge in [0, 0.05) is 29.0 Å². The normalized spacial score (nSPS) is 12.4. The fraction of sp³-hybridized carbons (Fsp3) is 0.308. The second-order valence-electron chi connectivity index (χ2n) is 4.09. The van der Waals surface area contributed by atoms with Crippen molar-refractivity contribution in [1.29, 1.82) is 0 Å². The molecular formula is C13H16ClN3O. The molecule has 0 unspecified atom stereocenters. The SMILES string of the molecule is C[C@@H](N)c1cc(Cl)ccc1OCCn1cccn1. The van der Waals surface area contributed by atoms with Gasteiger partial charge in [-0.2, -0.15) is 5.10 Å². The quantitative estimate of drug-likeness (QED) is 0.904. The second-order valence-corrected chi connectivity index (χ2v) is 4.52. The van der Waals surface area contributed by atoms with E-state index in [9.17, 15) is 0 Å². The van der Waals surface area contributed by atoms with Crippen LogP contribution in [0.4, 0.5) is 0 Å². The fourth-order valence-corrected chi connectivity index (χ4v) is 1.87. The van der Waals surface area contributed by atoms with Crippen LogP contribution in [0.2, 0.25) is 5.02 Å². The van der Waals surface area contributed by atoms with Gasteiger partial charge in [0.15, 0.2) is 0 Å². The summed E-state index contributed by atoms with van der Waals surface area (Å²) in [7, 11) is 0. The highest BCUT2D eigenvalue weighted by molar-refractivity contribution is 6.30. The van der Waals surface area contributed by atoms with E-state index in [0.717, 1.165) is 11.3 Å². The van der Waals surface area contributed by atoms with Crippen molar-refractivity contribution in [3.63, 3.8) is 0 Å². The Morgan fingerprint density at radius 3 is 3.00 bits per heavy atom. The van der Waals surface area contributed by atoms with Crippen LogP contribution in [0.5, 0.6) is 5.75 Å². The molecule has 1 aromatic carbocycles. The minimum atomic E-state index is -0.108. The van der Waals surface area contributed by atoms with Gasteiger partial charge in [-0.3, -0.25) is 4.68 Å². The average molecular weight is 266 g/mol. The van der Waals surface area contributed by atoms with Crippen molar-refractivity contribution < 1.29 is 4.74 Å². The molecule has 0 aliphatic heterocycles. The molecule has 0 radical (unpaired) electrons. The highest BCUT2D eigenvalue weighted by Gasteiger charge is 2.08. The third-order valence-corrected chi connectivity index (χ3v) is 2.83. The predicted molar refractivity (Wildman–Crippen MR) is 71.8 cm³/mol. The first-order valence-corrected chi connectivity index (χ1v) is 6.20. The molecule has 1 heterocycles. The summed E-state index contributed by atoms with van der Waals surface area (Å²) in [5.41, 5.74) is 6.81. The van der Waals surface area contributed by atoms with Crippen LogP contribution in [0.15, 0.2) is 36.7 Å². The van der Waals surface area contributed by atoms with Crippen molar-refractivity contribution in [3.05, 3.63) is 47.2 Å². The third kappa shape index (κ3) is 3.24. The lowest BCUT2D eigenvalue weighted by Crippen LogP contribution is -2.12. The lowest BCUT2D eigenvalue weighted by molar-refractivity contribution is 0.287. The number of aromatic nitrogens is 2. The number of rotatable bonds is 5. The number of halogens is 1. The number of benzene rings is 1. The molecule has 4 nitrogen and oxygen atoms in total. The summed E-state index contributed by atoms with van der Waals surface area (Å²) in [6, 6.07) is 7.27. The van der Waals surface area contributed by atoms with Gasteiger partial charge in [0.05, 0.1) is 6.54 Å². The number of nitrogens with zero attached hydrogens (tertiary/aromatic N) is 2. The van der Waals surface area contributed by atoms with Gasteiger partial charge in [-0.25, -0.2) is 0 Å². The molecule has 0 aliphatic rings. The first kappa shape index (κ1) is 12.9. The largest absolute Gasteiger partial charge is 0.491 e. The lowest BCUT2D eigenvalue weighted by Gasteiger charge is -2.14. The van der Waals surface area contributed by atoms with E-state index < -0.39 is 0 Å². The van der Waals surface area contributed by atoms with Gasteiger partial charge in [-0.1, -0.05) is 11.6 Å². The molecule has 0 bridgehead atoms. The van der Waals surface area contributed by atoms with Crippen molar-refractivity contribution in [3.8, 4) is 5.75 Å². The molecule has 0 fully saturated rings. The Morgan fingerprint density at radius 1 is 1.50 bits per heavy atom. The molecule has 2 aromatic rings. The number of nitrogens with two attached hydrogens (primary N) is 1. The van der Waals surface area contributed by atoms with E-state index in [1.54, 1.807) is 12.3 Å². The summed E-state index contributed by atoms with van der Waals surface area (Å²) in [6.45, 7) is 3.16. The number of hydrogen-bond donors (Lipinski definition) is 1. The molecule has 18 heavy (non-hydrogen) atoms. The second kappa shape index (κ2) is 5.89. The van der Waals surface area contributed by atoms with Gasteiger partial charge in [0.2, 0.25) is 0 Å². The minimum absolute atomic E-state index is 0.108. The van der Waals surface area contributed by atoms with Crippen LogP contribution >= 0.6 is 11.6 Å². The predicted octanol–water partition coefficient (Wildman–Crippen LogP) is 2.64. The van der Waals surface area contributed by atoms with E-state index in [2.05, 4.69) is 5.10 Å². The Labute approximate surface area is 111 Å². The Kier molecular flexibility index (Phi) is 4.23. The summed E-state index contributed by atoms with van der Waals surface area (Å²) < 4.78 is 7.55. The lowest BCUT2D eigenvalue weighted by atomic mass is 10.1. The zero-order valence-electron chi connectivity index (χ0n) is 10.2. The van der Waals surface area contributed by atoms with Crippen molar-refractivity contribution in [1.82, 2.24) is 9.78 Å². The average Bonchev–Trinajstić information content (AvgIpc) is 2.84. The summed E-state index contributed by atoms with van der Waals surface area (Å²) in [5.74, 6) is 0.779. The summed E-state index contributed by atoms with van der Waals surface area (Å²) in [4.78, 5) is 0. The van der Waals surface area contributed by atoms with E-state index in [0.29, 0.717) is 18.2 Å². The van der Waals surface area contributed by atoms with Crippen LogP contribution in [0.3, 0.4) is 0 Å². The van der Waals surface area contributed by atoms with E-state index >= 15 is 0 Å². The Hall–Kier alpha value is -1.52. The van der Waals surface area contributed by atoms with E-state index in [4.69, 9.17) is 22.1 Å². The van der Waals surface area contributed by atoms with Gasteiger partial charge in [0.1, 0.15) is 12.4 Å². The molecule has 1 atom stereocenters. The van der Waals surface area contributed by atoms with E-state index in [-0.39, 0.29) is 6.04 Å². The van der Waals surface area contributed by atoms with Crippen molar-refractivity contribution >= 4 is 11.6 Å². The van der Waals surface area contributed by atoms with Crippen LogP contribution in [0, 0.1) is 0 Å². The molecule has 0 spiro atoms. The van der Waals surface area contributed by atoms with Gasteiger partial charge < -0.3 is 10.5 Å². The van der Waals surface area contributed by atoms with Crippen LogP contribution in [0.1, 0.15) is 18.5 Å². The van der Waals surface area contributed by atoms with Gasteiger partial charge in [-0.15, -0.1) is 0 Å². The zero-order chi connectivity index (χ0) is 13.0. The molecule has 1 aromatic heterocycles. The first-order valence-electron chi connectivity index (χ1n) is 5.82. The zero-order valence-corrected chi connectivity index (χ0v) is 11.0. The molecular weight excluding hydrogens is 250 g/mol. The topological polar surface area (TPSA) is 53.1 Å². The number of ether oxygens (including phenoxy) is 1. The molecule has 0 saturated heterocycles. The summed E-state index contributed by atoms with van der Waals surface area (Å²) >= 11 is 5.95. The van der Waals surface area contributed by atoms with E-state index in [1.165, 1.54) is 0 Å². The van der Waals surface area contributed by atoms with Crippen LogP contribution in [0.25, 0.3) is 0 Å². The van der Waals surface area contributed by atoms with Crippen molar-refractivity contribution in [2.24, 2.45) is 5.73 Å². The van der Waals surface area contributed by atoms with Crippen LogP contribution in [-0.4, -0.2) is 16.4 Å². The van der Waals surface area contributed by atoms with Crippen molar-refractivity contribution in [2.45, 2.75) is 19.5 Å². The maximum atomic E-state index is 5.95. The monoisotopic (exact) mass is 265 g/mol. The maximum Gasteiger partial charge on any atom is 0.124 e. The van der Waals surface area contributed by atoms with Gasteiger partial charge >= 0.3 is 0 Å². The highest BCUT2D eigenvalue weighted by atomic mass is 35.5. The third-order valence-electron chi connectivity index (χ3n) is 2.60. The maximum absolute atomic E-state index is 5.95. The minimum Gasteiger partial charge on any atom is -0.491 e. The summed E-state index contributed by atoms with van der Waals surface area (Å²) in [5, 5.41) is 4.78. The molecule has 96 valence electrons. The number of hydrogen-bond acceptors (Lipinski definition) is 3. The Bertz CT molecular complexity index is 497.